The Balaban J connectivity index is 2.23. The molecule has 0 aromatic rings. The minimum Gasteiger partial charge on any atom is -0.376 e. The van der Waals surface area contributed by atoms with Crippen molar-refractivity contribution in [2.45, 2.75) is 13.3 Å². The predicted octanol–water partition coefficient (Wildman–Crippen LogP) is 0.115. The van der Waals surface area contributed by atoms with Crippen LogP contribution in [0, 0.1) is 5.92 Å². The molecule has 0 aromatic carbocycles. The zero-order chi connectivity index (χ0) is 9.68. The van der Waals surface area contributed by atoms with Crippen LogP contribution in [0.1, 0.15) is 13.3 Å². The number of rotatable bonds is 3. The Morgan fingerprint density at radius 1 is 1.62 bits per heavy atom. The quantitative estimate of drug-likeness (QED) is 0.481. The Morgan fingerprint density at radius 3 is 2.92 bits per heavy atom. The molecule has 1 rings (SSSR count). The number of nitrogens with zero attached hydrogens (tertiary/aromatic N) is 2. The van der Waals surface area contributed by atoms with Crippen LogP contribution in [0.15, 0.2) is 17.3 Å². The molecule has 4 N–H and O–H groups in total. The topological polar surface area (TPSA) is 67.6 Å². The first-order chi connectivity index (χ1) is 6.18. The molecule has 4 heteroatoms. The number of allylic oxidation sites excluding steroid dienone is 1. The number of nitrogens with two attached hydrogens (primary N) is 2. The van der Waals surface area contributed by atoms with Crippen molar-refractivity contribution in [2.24, 2.45) is 22.4 Å². The average Bonchev–Trinajstić information content (AvgIpc) is 2.08. The molecule has 74 valence electrons. The minimum absolute atomic E-state index is 0.175. The van der Waals surface area contributed by atoms with Gasteiger partial charge in [0.2, 0.25) is 0 Å². The Labute approximate surface area is 79.3 Å². The molecule has 0 bridgehead atoms. The van der Waals surface area contributed by atoms with Gasteiger partial charge < -0.3 is 16.4 Å². The van der Waals surface area contributed by atoms with Crippen LogP contribution < -0.4 is 11.5 Å². The molecule has 0 fully saturated rings. The number of hydrogen-bond donors (Lipinski definition) is 2. The van der Waals surface area contributed by atoms with Crippen molar-refractivity contribution in [1.29, 1.82) is 0 Å². The summed E-state index contributed by atoms with van der Waals surface area (Å²) in [5.41, 5.74) is 10.4. The maximum absolute atomic E-state index is 5.22. The van der Waals surface area contributed by atoms with Gasteiger partial charge >= 0.3 is 0 Å². The van der Waals surface area contributed by atoms with Crippen molar-refractivity contribution < 1.29 is 0 Å². The molecule has 0 aromatic heterocycles. The minimum atomic E-state index is 0.175. The first kappa shape index (κ1) is 9.89. The first-order valence-corrected chi connectivity index (χ1v) is 4.66. The second-order valence-electron chi connectivity index (χ2n) is 3.45. The summed E-state index contributed by atoms with van der Waals surface area (Å²) in [7, 11) is 0. The van der Waals surface area contributed by atoms with Gasteiger partial charge in [-0.1, -0.05) is 13.0 Å². The van der Waals surface area contributed by atoms with Crippen molar-refractivity contribution in [3.63, 3.8) is 0 Å². The summed E-state index contributed by atoms with van der Waals surface area (Å²) < 4.78 is 0. The summed E-state index contributed by atoms with van der Waals surface area (Å²) in [4.78, 5) is 6.18. The SMILES string of the molecule is CC1C=CN(CCN=C(N)N)CC1. The number of guanidine groups is 1. The van der Waals surface area contributed by atoms with Gasteiger partial charge in [0.05, 0.1) is 6.54 Å². The van der Waals surface area contributed by atoms with Crippen LogP contribution in [0.4, 0.5) is 0 Å². The lowest BCUT2D eigenvalue weighted by Gasteiger charge is -2.25. The molecular weight excluding hydrogens is 164 g/mol. The fourth-order valence-corrected chi connectivity index (χ4v) is 1.30. The summed E-state index contributed by atoms with van der Waals surface area (Å²) in [6.07, 6.45) is 5.58. The third kappa shape index (κ3) is 3.83. The van der Waals surface area contributed by atoms with Gasteiger partial charge in [0, 0.05) is 13.1 Å². The third-order valence-corrected chi connectivity index (χ3v) is 2.18. The van der Waals surface area contributed by atoms with Crippen molar-refractivity contribution in [3.05, 3.63) is 12.3 Å². The largest absolute Gasteiger partial charge is 0.376 e. The lowest BCUT2D eigenvalue weighted by molar-refractivity contribution is 0.338. The molecule has 1 atom stereocenters. The molecule has 1 aliphatic rings. The van der Waals surface area contributed by atoms with Gasteiger partial charge in [-0.3, -0.25) is 4.99 Å². The fourth-order valence-electron chi connectivity index (χ4n) is 1.30. The van der Waals surface area contributed by atoms with Crippen molar-refractivity contribution in [3.8, 4) is 0 Å². The molecule has 0 saturated heterocycles. The molecule has 1 aliphatic heterocycles. The van der Waals surface area contributed by atoms with Crippen LogP contribution >= 0.6 is 0 Å². The van der Waals surface area contributed by atoms with Gasteiger partial charge in [-0.2, -0.15) is 0 Å². The van der Waals surface area contributed by atoms with E-state index >= 15 is 0 Å². The normalized spacial score (nSPS) is 21.6. The van der Waals surface area contributed by atoms with Crippen molar-refractivity contribution in [1.82, 2.24) is 4.90 Å². The van der Waals surface area contributed by atoms with Crippen molar-refractivity contribution >= 4 is 5.96 Å². The number of hydrogen-bond acceptors (Lipinski definition) is 2. The van der Waals surface area contributed by atoms with Gasteiger partial charge in [0.1, 0.15) is 0 Å². The standard InChI is InChI=1S/C9H18N4/c1-8-2-5-13(6-3-8)7-4-12-9(10)11/h2,5,8H,3-4,6-7H2,1H3,(H4,10,11,12). The van der Waals surface area contributed by atoms with Crippen molar-refractivity contribution in [2.75, 3.05) is 19.6 Å². The summed E-state index contributed by atoms with van der Waals surface area (Å²) in [6, 6.07) is 0. The van der Waals surface area contributed by atoms with E-state index in [4.69, 9.17) is 11.5 Å². The highest BCUT2D eigenvalue weighted by Crippen LogP contribution is 2.11. The Bertz CT molecular complexity index is 206. The molecule has 0 saturated carbocycles. The monoisotopic (exact) mass is 182 g/mol. The van der Waals surface area contributed by atoms with E-state index in [1.165, 1.54) is 6.42 Å². The second kappa shape index (κ2) is 4.74. The predicted molar refractivity (Wildman–Crippen MR) is 55.2 cm³/mol. The molecule has 13 heavy (non-hydrogen) atoms. The maximum atomic E-state index is 5.22. The molecular formula is C9H18N4. The lowest BCUT2D eigenvalue weighted by atomic mass is 10.1. The maximum Gasteiger partial charge on any atom is 0.185 e. The van der Waals surface area contributed by atoms with E-state index in [1.807, 2.05) is 0 Å². The Morgan fingerprint density at radius 2 is 2.38 bits per heavy atom. The van der Waals surface area contributed by atoms with Crippen LogP contribution in [0.2, 0.25) is 0 Å². The third-order valence-electron chi connectivity index (χ3n) is 2.18. The van der Waals surface area contributed by atoms with Gasteiger partial charge in [0.15, 0.2) is 5.96 Å². The number of aliphatic imine (C=N–C) groups is 1. The fraction of sp³-hybridized carbons (Fsp3) is 0.667. The molecule has 0 spiro atoms. The van der Waals surface area contributed by atoms with E-state index in [0.29, 0.717) is 12.5 Å². The van der Waals surface area contributed by atoms with Crippen LogP contribution in [-0.4, -0.2) is 30.5 Å². The zero-order valence-corrected chi connectivity index (χ0v) is 8.11. The van der Waals surface area contributed by atoms with Crippen LogP contribution in [0.25, 0.3) is 0 Å². The van der Waals surface area contributed by atoms with Gasteiger partial charge in [-0.15, -0.1) is 0 Å². The first-order valence-electron chi connectivity index (χ1n) is 4.66. The molecule has 1 unspecified atom stereocenters. The van der Waals surface area contributed by atoms with Gasteiger partial charge in [-0.05, 0) is 18.5 Å². The molecule has 0 radical (unpaired) electrons. The average molecular weight is 182 g/mol. The van der Waals surface area contributed by atoms with Gasteiger partial charge in [-0.25, -0.2) is 0 Å². The molecule has 0 amide bonds. The highest BCUT2D eigenvalue weighted by Gasteiger charge is 2.07. The van der Waals surface area contributed by atoms with Crippen LogP contribution in [0.3, 0.4) is 0 Å². The molecule has 0 aliphatic carbocycles. The van der Waals surface area contributed by atoms with Crippen LogP contribution in [-0.2, 0) is 0 Å². The van der Waals surface area contributed by atoms with E-state index in [2.05, 4.69) is 29.1 Å². The molecule has 1 heterocycles. The molecule has 4 nitrogen and oxygen atoms in total. The van der Waals surface area contributed by atoms with E-state index in [0.717, 1.165) is 13.1 Å². The van der Waals surface area contributed by atoms with E-state index in [1.54, 1.807) is 0 Å². The van der Waals surface area contributed by atoms with E-state index in [9.17, 15) is 0 Å². The van der Waals surface area contributed by atoms with Crippen LogP contribution in [0.5, 0.6) is 0 Å². The van der Waals surface area contributed by atoms with E-state index < -0.39 is 0 Å². The Kier molecular flexibility index (Phi) is 3.61. The van der Waals surface area contributed by atoms with Gasteiger partial charge in [0.25, 0.3) is 0 Å². The summed E-state index contributed by atoms with van der Waals surface area (Å²) in [6.45, 7) is 4.92. The zero-order valence-electron chi connectivity index (χ0n) is 8.11. The smallest absolute Gasteiger partial charge is 0.185 e. The highest BCUT2D eigenvalue weighted by molar-refractivity contribution is 5.75. The van der Waals surface area contributed by atoms with E-state index in [-0.39, 0.29) is 5.96 Å². The lowest BCUT2D eigenvalue weighted by Crippen LogP contribution is -2.28. The summed E-state index contributed by atoms with van der Waals surface area (Å²) in [5.74, 6) is 0.883. The summed E-state index contributed by atoms with van der Waals surface area (Å²) in [5, 5.41) is 0. The second-order valence-corrected chi connectivity index (χ2v) is 3.45. The Hall–Kier alpha value is -1.19. The highest BCUT2D eigenvalue weighted by atomic mass is 15.1. The summed E-state index contributed by atoms with van der Waals surface area (Å²) >= 11 is 0.